The molecule has 5 heteroatoms. The molecule has 1 aromatic heterocycles. The summed E-state index contributed by atoms with van der Waals surface area (Å²) in [5.41, 5.74) is 1.86. The molecule has 0 spiro atoms. The van der Waals surface area contributed by atoms with Gasteiger partial charge in [-0.2, -0.15) is 0 Å². The SMILES string of the molecule is COC(=O)c1ccc(NCC(O)c2ccccc2)nc1C. The van der Waals surface area contributed by atoms with Gasteiger partial charge in [-0.15, -0.1) is 0 Å². The van der Waals surface area contributed by atoms with Gasteiger partial charge in [0.2, 0.25) is 0 Å². The molecule has 0 saturated heterocycles. The van der Waals surface area contributed by atoms with Gasteiger partial charge in [0.15, 0.2) is 0 Å². The number of methoxy groups -OCH3 is 1. The second-order valence-electron chi connectivity index (χ2n) is 4.63. The summed E-state index contributed by atoms with van der Waals surface area (Å²) in [4.78, 5) is 15.8. The highest BCUT2D eigenvalue weighted by Crippen LogP contribution is 2.15. The molecular weight excluding hydrogens is 268 g/mol. The summed E-state index contributed by atoms with van der Waals surface area (Å²) in [6.45, 7) is 2.08. The van der Waals surface area contributed by atoms with Crippen LogP contribution in [0.3, 0.4) is 0 Å². The Bertz CT molecular complexity index is 614. The van der Waals surface area contributed by atoms with Crippen molar-refractivity contribution < 1.29 is 14.6 Å². The number of rotatable bonds is 5. The van der Waals surface area contributed by atoms with Gasteiger partial charge in [0, 0.05) is 6.54 Å². The highest BCUT2D eigenvalue weighted by molar-refractivity contribution is 5.90. The summed E-state index contributed by atoms with van der Waals surface area (Å²) < 4.78 is 4.67. The van der Waals surface area contributed by atoms with Gasteiger partial charge in [-0.1, -0.05) is 30.3 Å². The van der Waals surface area contributed by atoms with Crippen molar-refractivity contribution in [2.75, 3.05) is 19.0 Å². The quantitative estimate of drug-likeness (QED) is 0.825. The number of hydrogen-bond acceptors (Lipinski definition) is 5. The molecule has 0 aliphatic rings. The number of esters is 1. The first kappa shape index (κ1) is 15.0. The maximum atomic E-state index is 11.5. The highest BCUT2D eigenvalue weighted by atomic mass is 16.5. The van der Waals surface area contributed by atoms with Gasteiger partial charge in [0.25, 0.3) is 0 Å². The third kappa shape index (κ3) is 3.79. The molecule has 0 bridgehead atoms. The van der Waals surface area contributed by atoms with E-state index in [4.69, 9.17) is 0 Å². The Kier molecular flexibility index (Phi) is 4.90. The molecule has 110 valence electrons. The molecule has 2 aromatic rings. The molecular formula is C16H18N2O3. The Morgan fingerprint density at radius 2 is 2.00 bits per heavy atom. The first-order valence-corrected chi connectivity index (χ1v) is 6.64. The molecule has 0 saturated carbocycles. The number of nitrogens with zero attached hydrogens (tertiary/aromatic N) is 1. The Labute approximate surface area is 123 Å². The average Bonchev–Trinajstić information content (AvgIpc) is 2.52. The molecule has 2 N–H and O–H groups in total. The maximum Gasteiger partial charge on any atom is 0.339 e. The number of nitrogens with one attached hydrogen (secondary N) is 1. The number of carbonyl (C=O) groups is 1. The first-order valence-electron chi connectivity index (χ1n) is 6.64. The summed E-state index contributed by atoms with van der Waals surface area (Å²) in [6.07, 6.45) is -0.617. The topological polar surface area (TPSA) is 71.5 Å². The van der Waals surface area contributed by atoms with Crippen LogP contribution in [0.1, 0.15) is 27.7 Å². The van der Waals surface area contributed by atoms with Crippen LogP contribution in [0.2, 0.25) is 0 Å². The molecule has 1 aromatic carbocycles. The fourth-order valence-electron chi connectivity index (χ4n) is 1.98. The molecule has 1 unspecified atom stereocenters. The number of aryl methyl sites for hydroxylation is 1. The largest absolute Gasteiger partial charge is 0.465 e. The summed E-state index contributed by atoms with van der Waals surface area (Å²) >= 11 is 0. The van der Waals surface area contributed by atoms with E-state index in [1.54, 1.807) is 19.1 Å². The highest BCUT2D eigenvalue weighted by Gasteiger charge is 2.11. The fourth-order valence-corrected chi connectivity index (χ4v) is 1.98. The minimum Gasteiger partial charge on any atom is -0.465 e. The van der Waals surface area contributed by atoms with Gasteiger partial charge in [0.05, 0.1) is 24.5 Å². The number of anilines is 1. The van der Waals surface area contributed by atoms with Crippen molar-refractivity contribution in [3.63, 3.8) is 0 Å². The van der Waals surface area contributed by atoms with Crippen molar-refractivity contribution >= 4 is 11.8 Å². The molecule has 1 atom stereocenters. The number of hydrogen-bond donors (Lipinski definition) is 2. The van der Waals surface area contributed by atoms with Gasteiger partial charge in [-0.25, -0.2) is 9.78 Å². The normalized spacial score (nSPS) is 11.8. The van der Waals surface area contributed by atoms with Crippen molar-refractivity contribution in [3.05, 3.63) is 59.3 Å². The fraction of sp³-hybridized carbons (Fsp3) is 0.250. The lowest BCUT2D eigenvalue weighted by atomic mass is 10.1. The minimum atomic E-state index is -0.617. The van der Waals surface area contributed by atoms with Crippen LogP contribution in [0, 0.1) is 6.92 Å². The maximum absolute atomic E-state index is 11.5. The number of pyridine rings is 1. The molecule has 0 amide bonds. The summed E-state index contributed by atoms with van der Waals surface area (Å²) in [5.74, 6) is 0.200. The smallest absolute Gasteiger partial charge is 0.339 e. The number of aromatic nitrogens is 1. The third-order valence-corrected chi connectivity index (χ3v) is 3.15. The number of carbonyl (C=O) groups excluding carboxylic acids is 1. The van der Waals surface area contributed by atoms with Crippen molar-refractivity contribution in [2.24, 2.45) is 0 Å². The van der Waals surface area contributed by atoms with E-state index in [-0.39, 0.29) is 0 Å². The molecule has 0 fully saturated rings. The predicted molar refractivity (Wildman–Crippen MR) is 80.2 cm³/mol. The van der Waals surface area contributed by atoms with E-state index in [1.807, 2.05) is 30.3 Å². The van der Waals surface area contributed by atoms with E-state index in [9.17, 15) is 9.90 Å². The number of benzene rings is 1. The number of aliphatic hydroxyl groups excluding tert-OH is 1. The lowest BCUT2D eigenvalue weighted by molar-refractivity contribution is 0.0599. The van der Waals surface area contributed by atoms with Crippen molar-refractivity contribution in [1.29, 1.82) is 0 Å². The van der Waals surface area contributed by atoms with E-state index >= 15 is 0 Å². The van der Waals surface area contributed by atoms with Gasteiger partial charge >= 0.3 is 5.97 Å². The Morgan fingerprint density at radius 3 is 2.62 bits per heavy atom. The van der Waals surface area contributed by atoms with Crippen LogP contribution in [0.4, 0.5) is 5.82 Å². The van der Waals surface area contributed by atoms with E-state index in [1.165, 1.54) is 7.11 Å². The monoisotopic (exact) mass is 286 g/mol. The summed E-state index contributed by atoms with van der Waals surface area (Å²) in [5, 5.41) is 13.1. The van der Waals surface area contributed by atoms with E-state index < -0.39 is 12.1 Å². The average molecular weight is 286 g/mol. The van der Waals surface area contributed by atoms with Crippen LogP contribution >= 0.6 is 0 Å². The second kappa shape index (κ2) is 6.85. The minimum absolute atomic E-state index is 0.341. The third-order valence-electron chi connectivity index (χ3n) is 3.15. The molecule has 0 aliphatic carbocycles. The zero-order chi connectivity index (χ0) is 15.2. The van der Waals surface area contributed by atoms with Crippen LogP contribution in [-0.2, 0) is 4.74 Å². The van der Waals surface area contributed by atoms with Crippen molar-refractivity contribution in [3.8, 4) is 0 Å². The lowest BCUT2D eigenvalue weighted by Gasteiger charge is -2.13. The molecule has 0 aliphatic heterocycles. The Hall–Kier alpha value is -2.40. The summed E-state index contributed by atoms with van der Waals surface area (Å²) in [7, 11) is 1.34. The number of aliphatic hydroxyl groups is 1. The van der Waals surface area contributed by atoms with Crippen molar-refractivity contribution in [2.45, 2.75) is 13.0 Å². The van der Waals surface area contributed by atoms with Gasteiger partial charge in [0.1, 0.15) is 5.82 Å². The van der Waals surface area contributed by atoms with E-state index in [0.29, 0.717) is 23.6 Å². The zero-order valence-corrected chi connectivity index (χ0v) is 12.0. The molecule has 2 rings (SSSR count). The predicted octanol–water partition coefficient (Wildman–Crippen LogP) is 2.32. The van der Waals surface area contributed by atoms with Gasteiger partial charge in [-0.3, -0.25) is 0 Å². The molecule has 0 radical (unpaired) electrons. The lowest BCUT2D eigenvalue weighted by Crippen LogP contribution is -2.14. The van der Waals surface area contributed by atoms with Crippen LogP contribution in [0.15, 0.2) is 42.5 Å². The molecule has 5 nitrogen and oxygen atoms in total. The van der Waals surface area contributed by atoms with Crippen molar-refractivity contribution in [1.82, 2.24) is 4.98 Å². The molecule has 1 heterocycles. The van der Waals surface area contributed by atoms with Crippen LogP contribution in [0.5, 0.6) is 0 Å². The second-order valence-corrected chi connectivity index (χ2v) is 4.63. The zero-order valence-electron chi connectivity index (χ0n) is 12.0. The van der Waals surface area contributed by atoms with Crippen LogP contribution < -0.4 is 5.32 Å². The van der Waals surface area contributed by atoms with E-state index in [2.05, 4.69) is 15.0 Å². The van der Waals surface area contributed by atoms with Crippen LogP contribution in [0.25, 0.3) is 0 Å². The Balaban J connectivity index is 2.01. The number of ether oxygens (including phenoxy) is 1. The van der Waals surface area contributed by atoms with E-state index in [0.717, 1.165) is 5.56 Å². The Morgan fingerprint density at radius 1 is 1.29 bits per heavy atom. The van der Waals surface area contributed by atoms with Gasteiger partial charge < -0.3 is 15.2 Å². The van der Waals surface area contributed by atoms with Gasteiger partial charge in [-0.05, 0) is 24.6 Å². The summed E-state index contributed by atoms with van der Waals surface area (Å²) in [6, 6.07) is 12.7. The van der Waals surface area contributed by atoms with Crippen LogP contribution in [-0.4, -0.2) is 29.7 Å². The molecule has 21 heavy (non-hydrogen) atoms. The standard InChI is InChI=1S/C16H18N2O3/c1-11-13(16(20)21-2)8-9-15(18-11)17-10-14(19)12-6-4-3-5-7-12/h3-9,14,19H,10H2,1-2H3,(H,17,18). The first-order chi connectivity index (χ1) is 10.1.